The highest BCUT2D eigenvalue weighted by atomic mass is 19.1. The van der Waals surface area contributed by atoms with Gasteiger partial charge in [-0.05, 0) is 61.8 Å². The Balaban J connectivity index is 1.70. The van der Waals surface area contributed by atoms with Crippen LogP contribution >= 0.6 is 0 Å². The first kappa shape index (κ1) is 19.4. The summed E-state index contributed by atoms with van der Waals surface area (Å²) in [6.45, 7) is 5.43. The van der Waals surface area contributed by atoms with Gasteiger partial charge in [-0.2, -0.15) is 0 Å². The fourth-order valence-electron chi connectivity index (χ4n) is 4.84. The average molecular weight is 383 g/mol. The van der Waals surface area contributed by atoms with Gasteiger partial charge >= 0.3 is 0 Å². The summed E-state index contributed by atoms with van der Waals surface area (Å²) in [6.07, 6.45) is 9.15. The largest absolute Gasteiger partial charge is 0.386 e. The van der Waals surface area contributed by atoms with E-state index in [1.807, 2.05) is 12.3 Å². The van der Waals surface area contributed by atoms with E-state index in [2.05, 4.69) is 23.0 Å². The monoisotopic (exact) mass is 382 g/mol. The lowest BCUT2D eigenvalue weighted by Crippen LogP contribution is -2.18. The molecule has 1 aliphatic carbocycles. The van der Waals surface area contributed by atoms with Gasteiger partial charge in [0.15, 0.2) is 0 Å². The standard InChI is InChI=1S/C24H31FN2O/c1-15-10-18-13-22(27-23(18)26-14-15)19(11-16-6-4-5-7-16)17-8-9-20(21(25)12-17)24(2,3)28/h8-9,12-16,19,27-28H,4-7,10-11H2,1-3H3/t15?,19-/m1/s1. The molecule has 1 aromatic carbocycles. The van der Waals surface area contributed by atoms with Gasteiger partial charge < -0.3 is 10.1 Å². The second kappa shape index (κ2) is 7.47. The first-order valence-corrected chi connectivity index (χ1v) is 10.6. The Morgan fingerprint density at radius 2 is 2.00 bits per heavy atom. The van der Waals surface area contributed by atoms with Gasteiger partial charge in [0, 0.05) is 23.4 Å². The Bertz CT molecular complexity index is 871. The molecule has 2 heterocycles. The number of halogens is 1. The molecule has 2 atom stereocenters. The van der Waals surface area contributed by atoms with Crippen LogP contribution in [0.2, 0.25) is 0 Å². The molecule has 0 amide bonds. The van der Waals surface area contributed by atoms with Gasteiger partial charge in [0.25, 0.3) is 0 Å². The Morgan fingerprint density at radius 1 is 1.25 bits per heavy atom. The summed E-state index contributed by atoms with van der Waals surface area (Å²) in [5.41, 5.74) is 2.54. The van der Waals surface area contributed by atoms with E-state index >= 15 is 0 Å². The van der Waals surface area contributed by atoms with Crippen molar-refractivity contribution in [1.82, 2.24) is 4.98 Å². The van der Waals surface area contributed by atoms with E-state index in [9.17, 15) is 9.50 Å². The van der Waals surface area contributed by atoms with Crippen molar-refractivity contribution in [3.8, 4) is 0 Å². The summed E-state index contributed by atoms with van der Waals surface area (Å²) in [5, 5.41) is 10.2. The van der Waals surface area contributed by atoms with Crippen molar-refractivity contribution < 1.29 is 9.50 Å². The molecule has 0 spiro atoms. The number of nitrogens with zero attached hydrogens (tertiary/aromatic N) is 1. The van der Waals surface area contributed by atoms with E-state index in [4.69, 9.17) is 0 Å². The molecular formula is C24H31FN2O. The SMILES string of the molecule is CC1C=Nc2[nH]c([C@H](CC3CCCC3)c3ccc(C(C)(C)O)c(F)c3)cc2C1. The lowest BCUT2D eigenvalue weighted by atomic mass is 9.84. The van der Waals surface area contributed by atoms with E-state index in [0.717, 1.165) is 29.9 Å². The Labute approximate surface area is 167 Å². The van der Waals surface area contributed by atoms with Crippen LogP contribution < -0.4 is 0 Å². The van der Waals surface area contributed by atoms with Crippen LogP contribution in [-0.2, 0) is 12.0 Å². The normalized spacial score (nSPS) is 21.1. The number of hydrogen-bond donors (Lipinski definition) is 2. The number of aromatic nitrogens is 1. The minimum atomic E-state index is -1.18. The third-order valence-corrected chi connectivity index (χ3v) is 6.37. The van der Waals surface area contributed by atoms with Gasteiger partial charge in [-0.25, -0.2) is 9.38 Å². The average Bonchev–Trinajstić information content (AvgIpc) is 3.27. The molecule has 3 nitrogen and oxygen atoms in total. The predicted octanol–water partition coefficient (Wildman–Crippen LogP) is 5.99. The molecule has 1 saturated carbocycles. The summed E-state index contributed by atoms with van der Waals surface area (Å²) >= 11 is 0. The molecule has 1 fully saturated rings. The first-order valence-electron chi connectivity index (χ1n) is 10.6. The van der Waals surface area contributed by atoms with Crippen LogP contribution in [0.1, 0.15) is 81.2 Å². The molecule has 0 saturated heterocycles. The highest BCUT2D eigenvalue weighted by molar-refractivity contribution is 5.69. The van der Waals surface area contributed by atoms with Crippen molar-refractivity contribution in [2.75, 3.05) is 0 Å². The highest BCUT2D eigenvalue weighted by Crippen LogP contribution is 2.40. The molecule has 0 radical (unpaired) electrons. The fraction of sp³-hybridized carbons (Fsp3) is 0.542. The molecular weight excluding hydrogens is 351 g/mol. The molecule has 1 aromatic heterocycles. The number of benzene rings is 1. The lowest BCUT2D eigenvalue weighted by molar-refractivity contribution is 0.0745. The van der Waals surface area contributed by atoms with Crippen LogP contribution in [0, 0.1) is 17.7 Å². The zero-order chi connectivity index (χ0) is 19.9. The van der Waals surface area contributed by atoms with E-state index in [0.29, 0.717) is 17.4 Å². The van der Waals surface area contributed by atoms with Crippen LogP contribution in [0.3, 0.4) is 0 Å². The molecule has 28 heavy (non-hydrogen) atoms. The van der Waals surface area contributed by atoms with Crippen molar-refractivity contribution in [3.63, 3.8) is 0 Å². The maximum Gasteiger partial charge on any atom is 0.132 e. The molecule has 4 rings (SSSR count). The van der Waals surface area contributed by atoms with E-state index in [-0.39, 0.29) is 11.7 Å². The molecule has 150 valence electrons. The molecule has 1 unspecified atom stereocenters. The second-order valence-electron chi connectivity index (χ2n) is 9.30. The van der Waals surface area contributed by atoms with Crippen LogP contribution in [0.15, 0.2) is 29.3 Å². The van der Waals surface area contributed by atoms with Crippen molar-refractivity contribution in [3.05, 3.63) is 52.5 Å². The fourth-order valence-corrected chi connectivity index (χ4v) is 4.84. The topological polar surface area (TPSA) is 48.4 Å². The van der Waals surface area contributed by atoms with Crippen LogP contribution in [0.4, 0.5) is 10.2 Å². The van der Waals surface area contributed by atoms with Crippen LogP contribution in [-0.4, -0.2) is 16.3 Å². The van der Waals surface area contributed by atoms with Gasteiger partial charge in [0.2, 0.25) is 0 Å². The summed E-state index contributed by atoms with van der Waals surface area (Å²) < 4.78 is 14.8. The lowest BCUT2D eigenvalue weighted by Gasteiger charge is -2.23. The van der Waals surface area contributed by atoms with Crippen LogP contribution in [0.25, 0.3) is 0 Å². The third kappa shape index (κ3) is 3.93. The number of rotatable bonds is 5. The number of aliphatic hydroxyl groups is 1. The predicted molar refractivity (Wildman–Crippen MR) is 112 cm³/mol. The van der Waals surface area contributed by atoms with E-state index in [1.54, 1.807) is 26.0 Å². The van der Waals surface area contributed by atoms with E-state index < -0.39 is 5.60 Å². The molecule has 2 aromatic rings. The molecule has 0 bridgehead atoms. The van der Waals surface area contributed by atoms with Gasteiger partial charge in [-0.1, -0.05) is 44.7 Å². The number of hydrogen-bond acceptors (Lipinski definition) is 2. The van der Waals surface area contributed by atoms with Crippen molar-refractivity contribution in [2.24, 2.45) is 16.8 Å². The zero-order valence-electron chi connectivity index (χ0n) is 17.1. The zero-order valence-corrected chi connectivity index (χ0v) is 17.1. The summed E-state index contributed by atoms with van der Waals surface area (Å²) in [6, 6.07) is 7.60. The highest BCUT2D eigenvalue weighted by Gasteiger charge is 2.28. The minimum Gasteiger partial charge on any atom is -0.386 e. The smallest absolute Gasteiger partial charge is 0.132 e. The van der Waals surface area contributed by atoms with Crippen molar-refractivity contribution >= 4 is 12.0 Å². The summed E-state index contributed by atoms with van der Waals surface area (Å²) in [7, 11) is 0. The summed E-state index contributed by atoms with van der Waals surface area (Å²) in [4.78, 5) is 8.10. The van der Waals surface area contributed by atoms with Gasteiger partial charge in [-0.3, -0.25) is 0 Å². The van der Waals surface area contributed by atoms with Crippen LogP contribution in [0.5, 0.6) is 0 Å². The Morgan fingerprint density at radius 3 is 2.68 bits per heavy atom. The maximum atomic E-state index is 14.8. The summed E-state index contributed by atoms with van der Waals surface area (Å²) in [5.74, 6) is 1.89. The maximum absolute atomic E-state index is 14.8. The van der Waals surface area contributed by atoms with Crippen molar-refractivity contribution in [2.45, 2.75) is 70.8 Å². The second-order valence-corrected chi connectivity index (χ2v) is 9.30. The quantitative estimate of drug-likeness (QED) is 0.656. The number of fused-ring (bicyclic) bond motifs is 1. The number of aromatic amines is 1. The minimum absolute atomic E-state index is 0.129. The number of H-pyrrole nitrogens is 1. The van der Waals surface area contributed by atoms with Crippen molar-refractivity contribution in [1.29, 1.82) is 0 Å². The van der Waals surface area contributed by atoms with E-state index in [1.165, 1.54) is 31.2 Å². The Kier molecular flexibility index (Phi) is 5.17. The molecule has 2 N–H and O–H groups in total. The molecule has 1 aliphatic heterocycles. The third-order valence-electron chi connectivity index (χ3n) is 6.37. The first-order chi connectivity index (χ1) is 13.3. The van der Waals surface area contributed by atoms with Gasteiger partial charge in [0.05, 0.1) is 5.60 Å². The van der Waals surface area contributed by atoms with Gasteiger partial charge in [0.1, 0.15) is 11.6 Å². The van der Waals surface area contributed by atoms with Gasteiger partial charge in [-0.15, -0.1) is 0 Å². The Hall–Kier alpha value is -1.94. The number of aliphatic imine (C=N–C) groups is 1. The molecule has 2 aliphatic rings. The molecule has 4 heteroatoms. The number of nitrogens with one attached hydrogen (secondary N) is 1.